The normalized spacial score (nSPS) is 16.6. The Balaban J connectivity index is 1.40. The molecule has 0 aromatic heterocycles. The maximum Gasteiger partial charge on any atom is 0.231 e. The Morgan fingerprint density at radius 2 is 1.81 bits per heavy atom. The number of fused-ring (bicyclic) bond motifs is 2. The zero-order chi connectivity index (χ0) is 21.2. The van der Waals surface area contributed by atoms with Crippen LogP contribution in [0.5, 0.6) is 23.0 Å². The van der Waals surface area contributed by atoms with Crippen LogP contribution in [0, 0.1) is 6.92 Å². The molecule has 3 aromatic carbocycles. The summed E-state index contributed by atoms with van der Waals surface area (Å²) in [4.78, 5) is 0. The minimum Gasteiger partial charge on any atom is -0.493 e. The molecular formula is C26H27NO4. The number of hydrogen-bond donors (Lipinski definition) is 1. The molecule has 5 nitrogen and oxygen atoms in total. The fraction of sp³-hybridized carbons (Fsp3) is 0.308. The molecule has 0 saturated carbocycles. The average molecular weight is 418 g/mol. The Hall–Kier alpha value is -3.18. The summed E-state index contributed by atoms with van der Waals surface area (Å²) in [6.45, 7) is 3.88. The number of aryl methyl sites for hydroxylation is 1. The Morgan fingerprint density at radius 1 is 1.00 bits per heavy atom. The minimum absolute atomic E-state index is 0.208. The van der Waals surface area contributed by atoms with Gasteiger partial charge in [0.05, 0.1) is 7.11 Å². The third-order valence-electron chi connectivity index (χ3n) is 6.08. The van der Waals surface area contributed by atoms with E-state index in [1.807, 2.05) is 18.2 Å². The first-order valence-corrected chi connectivity index (χ1v) is 10.7. The van der Waals surface area contributed by atoms with Gasteiger partial charge >= 0.3 is 0 Å². The summed E-state index contributed by atoms with van der Waals surface area (Å²) in [5.41, 5.74) is 6.20. The third-order valence-corrected chi connectivity index (χ3v) is 6.08. The highest BCUT2D eigenvalue weighted by atomic mass is 16.7. The number of ether oxygens (including phenoxy) is 4. The summed E-state index contributed by atoms with van der Waals surface area (Å²) >= 11 is 0. The molecule has 0 bridgehead atoms. The van der Waals surface area contributed by atoms with Crippen LogP contribution in [0.25, 0.3) is 0 Å². The lowest BCUT2D eigenvalue weighted by Crippen LogP contribution is -2.31. The molecule has 2 aliphatic heterocycles. The Kier molecular flexibility index (Phi) is 5.43. The number of rotatable bonds is 6. The molecule has 0 aliphatic carbocycles. The number of hydrogen-bond acceptors (Lipinski definition) is 5. The second kappa shape index (κ2) is 8.52. The van der Waals surface area contributed by atoms with Crippen LogP contribution >= 0.6 is 0 Å². The largest absolute Gasteiger partial charge is 0.493 e. The highest BCUT2D eigenvalue weighted by molar-refractivity contribution is 5.52. The van der Waals surface area contributed by atoms with Crippen molar-refractivity contribution in [2.24, 2.45) is 0 Å². The second-order valence-electron chi connectivity index (χ2n) is 8.07. The van der Waals surface area contributed by atoms with Gasteiger partial charge < -0.3 is 24.3 Å². The molecule has 0 fully saturated rings. The zero-order valence-electron chi connectivity index (χ0n) is 17.9. The van der Waals surface area contributed by atoms with Crippen LogP contribution in [0.1, 0.15) is 33.9 Å². The van der Waals surface area contributed by atoms with Gasteiger partial charge in [0.15, 0.2) is 23.0 Å². The molecular weight excluding hydrogens is 390 g/mol. The Labute approximate surface area is 182 Å². The number of benzene rings is 3. The summed E-state index contributed by atoms with van der Waals surface area (Å²) < 4.78 is 22.9. The van der Waals surface area contributed by atoms with E-state index in [9.17, 15) is 0 Å². The van der Waals surface area contributed by atoms with Crippen molar-refractivity contribution in [3.63, 3.8) is 0 Å². The van der Waals surface area contributed by atoms with Gasteiger partial charge in [-0.2, -0.15) is 0 Å². The summed E-state index contributed by atoms with van der Waals surface area (Å²) in [6, 6.07) is 18.9. The van der Waals surface area contributed by atoms with Crippen molar-refractivity contribution in [2.75, 3.05) is 20.4 Å². The van der Waals surface area contributed by atoms with Crippen molar-refractivity contribution in [1.29, 1.82) is 0 Å². The van der Waals surface area contributed by atoms with Crippen LogP contribution in [0.3, 0.4) is 0 Å². The minimum atomic E-state index is 0.208. The predicted octanol–water partition coefficient (Wildman–Crippen LogP) is 4.74. The maximum absolute atomic E-state index is 6.13. The molecule has 1 unspecified atom stereocenters. The third kappa shape index (κ3) is 4.06. The van der Waals surface area contributed by atoms with Crippen molar-refractivity contribution >= 4 is 0 Å². The Morgan fingerprint density at radius 3 is 2.61 bits per heavy atom. The first-order valence-electron chi connectivity index (χ1n) is 10.7. The lowest BCUT2D eigenvalue weighted by molar-refractivity contribution is 0.174. The van der Waals surface area contributed by atoms with E-state index in [2.05, 4.69) is 48.6 Å². The van der Waals surface area contributed by atoms with E-state index in [0.29, 0.717) is 13.4 Å². The topological polar surface area (TPSA) is 49.0 Å². The maximum atomic E-state index is 6.13. The van der Waals surface area contributed by atoms with Crippen LogP contribution in [0.4, 0.5) is 0 Å². The van der Waals surface area contributed by atoms with Gasteiger partial charge in [-0.1, -0.05) is 30.3 Å². The molecule has 0 amide bonds. The standard InChI is InChI=1S/C26H27NO4/c1-17-10-24-26(31-16-30-24)13-20(17)11-22-21-14-23(28-2)25(12-19(21)8-9-27-22)29-15-18-6-4-3-5-7-18/h3-7,10,12-14,22,27H,8-9,11,15-16H2,1-2H3. The van der Waals surface area contributed by atoms with Crippen LogP contribution < -0.4 is 24.3 Å². The molecule has 160 valence electrons. The van der Waals surface area contributed by atoms with Crippen LogP contribution in [-0.2, 0) is 19.4 Å². The number of methoxy groups -OCH3 is 1. The SMILES string of the molecule is COc1cc2c(cc1OCc1ccccc1)CCNC2Cc1cc2c(cc1C)OCO2. The first-order chi connectivity index (χ1) is 15.2. The molecule has 0 spiro atoms. The molecule has 31 heavy (non-hydrogen) atoms. The highest BCUT2D eigenvalue weighted by Gasteiger charge is 2.25. The molecule has 2 heterocycles. The van der Waals surface area contributed by atoms with Crippen molar-refractivity contribution in [2.45, 2.75) is 32.4 Å². The smallest absolute Gasteiger partial charge is 0.231 e. The fourth-order valence-electron chi connectivity index (χ4n) is 4.36. The van der Waals surface area contributed by atoms with E-state index in [1.165, 1.54) is 22.3 Å². The van der Waals surface area contributed by atoms with E-state index in [4.69, 9.17) is 18.9 Å². The summed E-state index contributed by atoms with van der Waals surface area (Å²) in [5, 5.41) is 3.68. The van der Waals surface area contributed by atoms with Crippen molar-refractivity contribution in [1.82, 2.24) is 5.32 Å². The molecule has 5 rings (SSSR count). The molecule has 2 aliphatic rings. The van der Waals surface area contributed by atoms with Crippen molar-refractivity contribution in [3.8, 4) is 23.0 Å². The fourth-order valence-corrected chi connectivity index (χ4v) is 4.36. The average Bonchev–Trinajstić information content (AvgIpc) is 3.25. The summed E-state index contributed by atoms with van der Waals surface area (Å²) in [5.74, 6) is 3.23. The lowest BCUT2D eigenvalue weighted by Gasteiger charge is -2.29. The molecule has 1 atom stereocenters. The lowest BCUT2D eigenvalue weighted by atomic mass is 9.88. The van der Waals surface area contributed by atoms with Gasteiger partial charge in [0.25, 0.3) is 0 Å². The van der Waals surface area contributed by atoms with Crippen LogP contribution in [-0.4, -0.2) is 20.4 Å². The molecule has 1 N–H and O–H groups in total. The van der Waals surface area contributed by atoms with E-state index < -0.39 is 0 Å². The van der Waals surface area contributed by atoms with Gasteiger partial charge in [-0.05, 0) is 78.4 Å². The second-order valence-corrected chi connectivity index (χ2v) is 8.07. The van der Waals surface area contributed by atoms with Crippen molar-refractivity contribution in [3.05, 3.63) is 82.4 Å². The summed E-state index contributed by atoms with van der Waals surface area (Å²) in [7, 11) is 1.70. The number of nitrogens with one attached hydrogen (secondary N) is 1. The van der Waals surface area contributed by atoms with Gasteiger partial charge in [0.2, 0.25) is 6.79 Å². The van der Waals surface area contributed by atoms with Crippen LogP contribution in [0.15, 0.2) is 54.6 Å². The first kappa shape index (κ1) is 19.8. The monoisotopic (exact) mass is 417 g/mol. The quantitative estimate of drug-likeness (QED) is 0.628. The van der Waals surface area contributed by atoms with E-state index in [-0.39, 0.29) is 6.04 Å². The van der Waals surface area contributed by atoms with Crippen molar-refractivity contribution < 1.29 is 18.9 Å². The van der Waals surface area contributed by atoms with E-state index >= 15 is 0 Å². The van der Waals surface area contributed by atoms with E-state index in [1.54, 1.807) is 7.11 Å². The molecule has 0 saturated heterocycles. The highest BCUT2D eigenvalue weighted by Crippen LogP contribution is 2.39. The van der Waals surface area contributed by atoms with Gasteiger partial charge in [-0.3, -0.25) is 0 Å². The zero-order valence-corrected chi connectivity index (χ0v) is 17.9. The predicted molar refractivity (Wildman–Crippen MR) is 119 cm³/mol. The van der Waals surface area contributed by atoms with Gasteiger partial charge in [-0.15, -0.1) is 0 Å². The van der Waals surface area contributed by atoms with Crippen LogP contribution in [0.2, 0.25) is 0 Å². The van der Waals surface area contributed by atoms with Gasteiger partial charge in [-0.25, -0.2) is 0 Å². The van der Waals surface area contributed by atoms with Gasteiger partial charge in [0.1, 0.15) is 6.61 Å². The molecule has 0 radical (unpaired) electrons. The van der Waals surface area contributed by atoms with E-state index in [0.717, 1.165) is 47.9 Å². The summed E-state index contributed by atoms with van der Waals surface area (Å²) in [6.07, 6.45) is 1.85. The van der Waals surface area contributed by atoms with Gasteiger partial charge in [0, 0.05) is 6.04 Å². The Bertz CT molecular complexity index is 1080. The molecule has 3 aromatic rings. The molecule has 5 heteroatoms.